The Bertz CT molecular complexity index is 2740. The monoisotopic (exact) mass is 1390 g/mol. The molecule has 4 aliphatic heterocycles. The van der Waals surface area contributed by atoms with Gasteiger partial charge in [0.15, 0.2) is 0 Å². The maximum Gasteiger partial charge on any atom is 0.326 e. The van der Waals surface area contributed by atoms with Crippen LogP contribution in [0.1, 0.15) is 162 Å². The number of carbonyl (C=O) groups excluding carboxylic acids is 14. The van der Waals surface area contributed by atoms with Crippen LogP contribution in [-0.4, -0.2) is 252 Å². The SMILES string of the molecule is CC(C)C[C@H](NC(=O)[C@H](CCCCN)NC(=O)[C@@H](N)CCCCN)C(=O)N[C@@H](CCC(N)=O)C(=O)NCC(=O)N[C@@H](CCCCN)C(=O)NCC(=O)N1CCC[C@H]1C(=O)NCC(=O)NCC(=O)N1CCC[C@H]1C(=O)N1CCC[C@H]1C(=O)N1CCC[C@H]1C(=O)N[C@@H](CCCCN)C(=O)O. The van der Waals surface area contributed by atoms with E-state index in [4.69, 9.17) is 34.4 Å². The van der Waals surface area contributed by atoms with Crippen molar-refractivity contribution in [2.24, 2.45) is 40.3 Å². The maximum absolute atomic E-state index is 14.2. The van der Waals surface area contributed by atoms with Crippen LogP contribution in [0, 0.1) is 5.92 Å². The highest BCUT2D eigenvalue weighted by Gasteiger charge is 2.46. The zero-order valence-corrected chi connectivity index (χ0v) is 56.9. The molecule has 0 aliphatic carbocycles. The van der Waals surface area contributed by atoms with Crippen LogP contribution in [0.4, 0.5) is 0 Å². The molecule has 4 heterocycles. The van der Waals surface area contributed by atoms with Gasteiger partial charge in [-0.2, -0.15) is 0 Å². The summed E-state index contributed by atoms with van der Waals surface area (Å²) in [6, 6.07) is -10.9. The zero-order chi connectivity index (χ0) is 72.4. The van der Waals surface area contributed by atoms with Crippen LogP contribution in [0.5, 0.6) is 0 Å². The van der Waals surface area contributed by atoms with Gasteiger partial charge in [-0.05, 0) is 167 Å². The van der Waals surface area contributed by atoms with Gasteiger partial charge in [0.25, 0.3) is 0 Å². The Kier molecular flexibility index (Phi) is 36.3. The Labute approximate surface area is 572 Å². The van der Waals surface area contributed by atoms with Gasteiger partial charge in [-0.15, -0.1) is 0 Å². The van der Waals surface area contributed by atoms with E-state index in [0.717, 1.165) is 0 Å². The minimum atomic E-state index is -1.45. The highest BCUT2D eigenvalue weighted by atomic mass is 16.4. The van der Waals surface area contributed by atoms with Crippen LogP contribution in [-0.2, 0) is 71.9 Å². The van der Waals surface area contributed by atoms with E-state index in [2.05, 4.69) is 47.9 Å². The number of likely N-dealkylation sites (tertiary alicyclic amines) is 4. The third kappa shape index (κ3) is 26.9. The molecule has 0 saturated carbocycles. The van der Waals surface area contributed by atoms with E-state index >= 15 is 0 Å². The van der Waals surface area contributed by atoms with Gasteiger partial charge in [-0.25, -0.2) is 4.79 Å². The molecule has 4 aliphatic rings. The molecule has 0 aromatic heterocycles. The molecule has 0 spiro atoms. The van der Waals surface area contributed by atoms with Crippen LogP contribution in [0.3, 0.4) is 0 Å². The minimum Gasteiger partial charge on any atom is -0.480 e. The van der Waals surface area contributed by atoms with Gasteiger partial charge in [-0.1, -0.05) is 20.3 Å². The van der Waals surface area contributed by atoms with Crippen LogP contribution in [0.2, 0.25) is 0 Å². The number of carbonyl (C=O) groups is 15. The molecule has 0 radical (unpaired) electrons. The molecule has 4 fully saturated rings. The first-order valence-electron chi connectivity index (χ1n) is 34.6. The first-order valence-corrected chi connectivity index (χ1v) is 34.6. The van der Waals surface area contributed by atoms with Crippen molar-refractivity contribution >= 4 is 88.7 Å². The number of hydrogen-bond acceptors (Lipinski definition) is 20. The lowest BCUT2D eigenvalue weighted by Crippen LogP contribution is -2.58. The largest absolute Gasteiger partial charge is 0.480 e. The standard InChI is InChI=1S/C63H109N19O16/c1-38(2)33-44(78-57(91)41(17-5-9-27-66)75-54(88)39(68)15-3-7-25-64)58(92)76-42(23-24-49(69)83)56(90)71-35-51(85)74-40(16-4-8-26-65)55(89)73-37-53(87)79-29-11-19-45(79)59(93)72-34-50(84)70-36-52(86)80-30-13-21-47(80)61(95)82-32-14-22-48(82)62(96)81-31-12-20-46(81)60(94)77-43(63(97)98)18-6-10-28-67/h38-48H,3-37,64-68H2,1-2H3,(H2,69,83)(H,70,84)(H,71,90)(H,72,93)(H,73,89)(H,74,85)(H,75,88)(H,76,92)(H,77,94)(H,78,91)(H,97,98)/t39-,40-,41-,42-,43-,44-,45-,46-,47-,48-/m0/s1. The number of amides is 14. The number of nitrogens with one attached hydrogen (secondary N) is 9. The molecule has 552 valence electrons. The summed E-state index contributed by atoms with van der Waals surface area (Å²) in [7, 11) is 0. The number of carboxylic acids is 1. The number of hydrogen-bond donors (Lipinski definition) is 16. The molecule has 0 bridgehead atoms. The fourth-order valence-corrected chi connectivity index (χ4v) is 12.4. The van der Waals surface area contributed by atoms with Crippen molar-refractivity contribution in [3.63, 3.8) is 0 Å². The van der Waals surface area contributed by atoms with Crippen LogP contribution in [0.15, 0.2) is 0 Å². The van der Waals surface area contributed by atoms with Gasteiger partial charge < -0.3 is 107 Å². The van der Waals surface area contributed by atoms with Gasteiger partial charge in [-0.3, -0.25) is 67.1 Å². The smallest absolute Gasteiger partial charge is 0.326 e. The fraction of sp³-hybridized carbons (Fsp3) is 0.762. The third-order valence-corrected chi connectivity index (χ3v) is 17.8. The van der Waals surface area contributed by atoms with E-state index in [1.807, 2.05) is 0 Å². The second-order valence-electron chi connectivity index (χ2n) is 25.9. The summed E-state index contributed by atoms with van der Waals surface area (Å²) in [6.07, 6.45) is 7.29. The van der Waals surface area contributed by atoms with Crippen molar-refractivity contribution in [3.8, 4) is 0 Å². The molecule has 0 aromatic carbocycles. The van der Waals surface area contributed by atoms with Crippen LogP contribution >= 0.6 is 0 Å². The van der Waals surface area contributed by atoms with E-state index < -0.39 is 175 Å². The molecule has 22 N–H and O–H groups in total. The van der Waals surface area contributed by atoms with E-state index in [1.165, 1.54) is 19.6 Å². The average Bonchev–Trinajstić information content (AvgIpc) is 1.63. The van der Waals surface area contributed by atoms with Crippen LogP contribution < -0.4 is 82.3 Å². The van der Waals surface area contributed by atoms with E-state index in [0.29, 0.717) is 122 Å². The molecule has 0 aromatic rings. The molecule has 0 unspecified atom stereocenters. The average molecular weight is 1390 g/mol. The maximum atomic E-state index is 14.2. The summed E-state index contributed by atoms with van der Waals surface area (Å²) in [5.74, 6) is -10.9. The van der Waals surface area contributed by atoms with Crippen LogP contribution in [0.25, 0.3) is 0 Å². The number of nitrogens with two attached hydrogens (primary N) is 6. The van der Waals surface area contributed by atoms with Crippen molar-refractivity contribution in [2.75, 3.05) is 78.5 Å². The number of rotatable bonds is 44. The Morgan fingerprint density at radius 2 is 0.806 bits per heavy atom. The Morgan fingerprint density at radius 1 is 0.408 bits per heavy atom. The van der Waals surface area contributed by atoms with E-state index in [1.54, 1.807) is 13.8 Å². The number of aliphatic carboxylic acids is 1. The van der Waals surface area contributed by atoms with E-state index in [-0.39, 0.29) is 83.6 Å². The molecule has 98 heavy (non-hydrogen) atoms. The number of carboxylic acid groups (broad SMARTS) is 1. The Balaban J connectivity index is 1.28. The first kappa shape index (κ1) is 82.3. The van der Waals surface area contributed by atoms with Crippen molar-refractivity contribution in [1.29, 1.82) is 0 Å². The second kappa shape index (κ2) is 43.3. The van der Waals surface area contributed by atoms with Crippen molar-refractivity contribution in [1.82, 2.24) is 67.5 Å². The summed E-state index contributed by atoms with van der Waals surface area (Å²) < 4.78 is 0. The summed E-state index contributed by atoms with van der Waals surface area (Å²) in [5, 5.41) is 32.6. The molecular formula is C63H109N19O16. The fourth-order valence-electron chi connectivity index (χ4n) is 12.4. The van der Waals surface area contributed by atoms with Crippen molar-refractivity contribution in [3.05, 3.63) is 0 Å². The molecule has 14 amide bonds. The Hall–Kier alpha value is -8.15. The normalized spacial score (nSPS) is 19.3. The molecule has 35 nitrogen and oxygen atoms in total. The molecular weight excluding hydrogens is 1280 g/mol. The van der Waals surface area contributed by atoms with Crippen molar-refractivity contribution in [2.45, 2.75) is 222 Å². The summed E-state index contributed by atoms with van der Waals surface area (Å²) in [5.41, 5.74) is 34.0. The first-order chi connectivity index (χ1) is 46.8. The number of unbranched alkanes of at least 4 members (excludes halogenated alkanes) is 4. The zero-order valence-electron chi connectivity index (χ0n) is 56.9. The molecule has 4 rings (SSSR count). The molecule has 35 heteroatoms. The van der Waals surface area contributed by atoms with E-state index in [9.17, 15) is 77.0 Å². The molecule has 4 saturated heterocycles. The van der Waals surface area contributed by atoms with Gasteiger partial charge in [0.2, 0.25) is 82.7 Å². The van der Waals surface area contributed by atoms with Gasteiger partial charge in [0.05, 0.1) is 32.2 Å². The van der Waals surface area contributed by atoms with Gasteiger partial charge in [0.1, 0.15) is 54.4 Å². The highest BCUT2D eigenvalue weighted by Crippen LogP contribution is 2.29. The van der Waals surface area contributed by atoms with Gasteiger partial charge >= 0.3 is 5.97 Å². The van der Waals surface area contributed by atoms with Crippen molar-refractivity contribution < 1.29 is 77.0 Å². The highest BCUT2D eigenvalue weighted by molar-refractivity contribution is 5.99. The summed E-state index contributed by atoms with van der Waals surface area (Å²) >= 11 is 0. The number of primary amides is 1. The minimum absolute atomic E-state index is 0.0533. The second-order valence-corrected chi connectivity index (χ2v) is 25.9. The topological polar surface area (TPSA) is 554 Å². The third-order valence-electron chi connectivity index (χ3n) is 17.8. The quantitative estimate of drug-likeness (QED) is 0.0253. The summed E-state index contributed by atoms with van der Waals surface area (Å²) in [6.45, 7) is 3.34. The Morgan fingerprint density at radius 3 is 1.33 bits per heavy atom. The number of nitrogens with zero attached hydrogens (tertiary/aromatic N) is 4. The predicted octanol–water partition coefficient (Wildman–Crippen LogP) is -5.92. The lowest BCUT2D eigenvalue weighted by atomic mass is 10.0. The lowest BCUT2D eigenvalue weighted by molar-refractivity contribution is -0.150. The predicted molar refractivity (Wildman–Crippen MR) is 356 cm³/mol. The summed E-state index contributed by atoms with van der Waals surface area (Å²) in [4.78, 5) is 206. The lowest BCUT2D eigenvalue weighted by Gasteiger charge is -2.34. The van der Waals surface area contributed by atoms with Gasteiger partial charge in [0, 0.05) is 32.6 Å². The molecule has 10 atom stereocenters.